The number of nitrogens with zero attached hydrogens (tertiary/aromatic N) is 2. The molecule has 2 aromatic rings. The van der Waals surface area contributed by atoms with E-state index < -0.39 is 0 Å². The Balaban J connectivity index is 1.79. The van der Waals surface area contributed by atoms with Crippen LogP contribution in [0, 0.1) is 6.92 Å². The number of amides is 1. The fourth-order valence-corrected chi connectivity index (χ4v) is 4.46. The lowest BCUT2D eigenvalue weighted by atomic mass is 10.1. The van der Waals surface area contributed by atoms with Gasteiger partial charge in [0.05, 0.1) is 17.7 Å². The summed E-state index contributed by atoms with van der Waals surface area (Å²) in [5.41, 5.74) is 5.61. The average molecular weight is 327 g/mol. The van der Waals surface area contributed by atoms with Crippen molar-refractivity contribution in [2.24, 2.45) is 0 Å². The molecule has 20 heavy (non-hydrogen) atoms. The van der Waals surface area contributed by atoms with Crippen molar-refractivity contribution in [1.82, 2.24) is 9.88 Å². The summed E-state index contributed by atoms with van der Waals surface area (Å²) < 4.78 is 0. The summed E-state index contributed by atoms with van der Waals surface area (Å²) in [6.45, 7) is 2.61. The number of halogens is 1. The molecule has 1 amide bonds. The van der Waals surface area contributed by atoms with E-state index in [0.29, 0.717) is 6.54 Å². The average Bonchev–Trinajstić information content (AvgIpc) is 3.11. The summed E-state index contributed by atoms with van der Waals surface area (Å²) in [6, 6.07) is 0.237. The first-order chi connectivity index (χ1) is 9.69. The van der Waals surface area contributed by atoms with Gasteiger partial charge in [0.15, 0.2) is 0 Å². The fourth-order valence-electron chi connectivity index (χ4n) is 2.64. The van der Waals surface area contributed by atoms with Crippen LogP contribution in [0.25, 0.3) is 0 Å². The molecule has 2 aromatic heterocycles. The van der Waals surface area contributed by atoms with Crippen molar-refractivity contribution in [1.29, 1.82) is 0 Å². The summed E-state index contributed by atoms with van der Waals surface area (Å²) in [5.74, 6) is 0.0552. The van der Waals surface area contributed by atoms with Gasteiger partial charge >= 0.3 is 0 Å². The number of rotatable bonds is 4. The Hall–Kier alpha value is -0.910. The van der Waals surface area contributed by atoms with Crippen molar-refractivity contribution in [2.75, 3.05) is 5.88 Å². The topological polar surface area (TPSA) is 33.2 Å². The lowest BCUT2D eigenvalue weighted by molar-refractivity contribution is -0.131. The van der Waals surface area contributed by atoms with Crippen molar-refractivity contribution < 1.29 is 4.79 Å². The summed E-state index contributed by atoms with van der Waals surface area (Å²) in [5, 5.41) is 4.38. The third kappa shape index (κ3) is 2.62. The number of thiazole rings is 1. The highest BCUT2D eigenvalue weighted by Gasteiger charge is 2.30. The smallest absolute Gasteiger partial charge is 0.238 e. The predicted molar refractivity (Wildman–Crippen MR) is 83.6 cm³/mol. The minimum atomic E-state index is 0.0123. The van der Waals surface area contributed by atoms with Crippen LogP contribution in [0.1, 0.15) is 21.7 Å². The summed E-state index contributed by atoms with van der Waals surface area (Å²) in [4.78, 5) is 19.5. The normalized spacial score (nSPS) is 14.5. The highest BCUT2D eigenvalue weighted by molar-refractivity contribution is 7.09. The van der Waals surface area contributed by atoms with Gasteiger partial charge in [0, 0.05) is 10.9 Å². The second-order valence-corrected chi connectivity index (χ2v) is 6.95. The first-order valence-corrected chi connectivity index (χ1v) is 8.83. The molecule has 0 spiro atoms. The molecule has 3 nitrogen and oxygen atoms in total. The van der Waals surface area contributed by atoms with Gasteiger partial charge in [0.25, 0.3) is 0 Å². The molecule has 3 rings (SSSR count). The maximum absolute atomic E-state index is 12.2. The second-order valence-electron chi connectivity index (χ2n) is 5.00. The quantitative estimate of drug-likeness (QED) is 0.808. The fraction of sp³-hybridized carbons (Fsp3) is 0.429. The van der Waals surface area contributed by atoms with E-state index in [2.05, 4.69) is 15.7 Å². The van der Waals surface area contributed by atoms with Crippen LogP contribution in [-0.4, -0.2) is 27.7 Å². The van der Waals surface area contributed by atoms with Gasteiger partial charge in [-0.05, 0) is 41.7 Å². The highest BCUT2D eigenvalue weighted by Crippen LogP contribution is 2.30. The molecule has 0 unspecified atom stereocenters. The van der Waals surface area contributed by atoms with Gasteiger partial charge in [0.1, 0.15) is 5.88 Å². The van der Waals surface area contributed by atoms with E-state index in [9.17, 15) is 4.79 Å². The Morgan fingerprint density at radius 3 is 2.70 bits per heavy atom. The molecular formula is C14H15ClN2OS2. The maximum Gasteiger partial charge on any atom is 0.238 e. The highest BCUT2D eigenvalue weighted by atomic mass is 35.5. The number of thiophene rings is 1. The number of hydrogen-bond acceptors (Lipinski definition) is 4. The van der Waals surface area contributed by atoms with Gasteiger partial charge in [-0.3, -0.25) is 4.79 Å². The van der Waals surface area contributed by atoms with Gasteiger partial charge < -0.3 is 4.90 Å². The van der Waals surface area contributed by atoms with Crippen molar-refractivity contribution >= 4 is 40.2 Å². The molecule has 0 fully saturated rings. The van der Waals surface area contributed by atoms with Crippen molar-refractivity contribution in [3.05, 3.63) is 38.0 Å². The van der Waals surface area contributed by atoms with Crippen LogP contribution in [0.2, 0.25) is 0 Å². The maximum atomic E-state index is 12.2. The molecule has 0 N–H and O–H groups in total. The zero-order valence-electron chi connectivity index (χ0n) is 11.1. The van der Waals surface area contributed by atoms with Crippen LogP contribution in [0.15, 0.2) is 16.3 Å². The van der Waals surface area contributed by atoms with Gasteiger partial charge in [0.2, 0.25) is 5.91 Å². The summed E-state index contributed by atoms with van der Waals surface area (Å²) in [6.07, 6.45) is 1.89. The molecule has 1 aliphatic rings. The van der Waals surface area contributed by atoms with Crippen LogP contribution >= 0.6 is 34.3 Å². The SMILES string of the molecule is Cc1ncsc1CN(C(=O)CCl)C1Cc2cscc2C1. The van der Waals surface area contributed by atoms with E-state index in [1.807, 2.05) is 17.3 Å². The van der Waals surface area contributed by atoms with Gasteiger partial charge in [-0.25, -0.2) is 4.98 Å². The van der Waals surface area contributed by atoms with E-state index >= 15 is 0 Å². The second kappa shape index (κ2) is 5.84. The van der Waals surface area contributed by atoms with Gasteiger partial charge in [-0.1, -0.05) is 0 Å². The summed E-state index contributed by atoms with van der Waals surface area (Å²) in [7, 11) is 0. The Bertz CT molecular complexity index is 602. The molecule has 1 aliphatic carbocycles. The van der Waals surface area contributed by atoms with Crippen LogP contribution < -0.4 is 0 Å². The number of hydrogen-bond donors (Lipinski definition) is 0. The number of carbonyl (C=O) groups is 1. The Morgan fingerprint density at radius 1 is 1.45 bits per heavy atom. The number of fused-ring (bicyclic) bond motifs is 1. The number of alkyl halides is 1. The first kappa shape index (κ1) is 14.0. The largest absolute Gasteiger partial charge is 0.333 e. The number of aromatic nitrogens is 1. The van der Waals surface area contributed by atoms with E-state index in [0.717, 1.165) is 23.4 Å². The minimum absolute atomic E-state index is 0.0123. The lowest BCUT2D eigenvalue weighted by Crippen LogP contribution is -2.41. The van der Waals surface area contributed by atoms with E-state index in [1.54, 1.807) is 22.7 Å². The molecule has 6 heteroatoms. The lowest BCUT2D eigenvalue weighted by Gasteiger charge is -2.28. The van der Waals surface area contributed by atoms with Crippen molar-refractivity contribution in [3.8, 4) is 0 Å². The van der Waals surface area contributed by atoms with Crippen LogP contribution in [0.5, 0.6) is 0 Å². The molecular weight excluding hydrogens is 312 g/mol. The monoisotopic (exact) mass is 326 g/mol. The molecule has 0 saturated heterocycles. The number of aryl methyl sites for hydroxylation is 1. The molecule has 0 aliphatic heterocycles. The number of carbonyl (C=O) groups excluding carboxylic acids is 1. The molecule has 0 saturated carbocycles. The summed E-state index contributed by atoms with van der Waals surface area (Å²) >= 11 is 9.13. The predicted octanol–water partition coefficient (Wildman–Crippen LogP) is 3.25. The van der Waals surface area contributed by atoms with Crippen LogP contribution in [0.4, 0.5) is 0 Å². The van der Waals surface area contributed by atoms with Gasteiger partial charge in [-0.15, -0.1) is 22.9 Å². The van der Waals surface area contributed by atoms with E-state index in [-0.39, 0.29) is 17.8 Å². The van der Waals surface area contributed by atoms with Crippen molar-refractivity contribution in [3.63, 3.8) is 0 Å². The first-order valence-electron chi connectivity index (χ1n) is 6.47. The van der Waals surface area contributed by atoms with Gasteiger partial charge in [-0.2, -0.15) is 11.3 Å². The molecule has 0 radical (unpaired) electrons. The molecule has 0 bridgehead atoms. The Labute approximate surface area is 131 Å². The third-order valence-corrected chi connectivity index (χ3v) is 5.77. The Kier molecular flexibility index (Phi) is 4.10. The van der Waals surface area contributed by atoms with E-state index in [4.69, 9.17) is 11.6 Å². The zero-order valence-corrected chi connectivity index (χ0v) is 13.5. The van der Waals surface area contributed by atoms with E-state index in [1.165, 1.54) is 11.1 Å². The molecule has 106 valence electrons. The van der Waals surface area contributed by atoms with Crippen molar-refractivity contribution in [2.45, 2.75) is 32.4 Å². The minimum Gasteiger partial charge on any atom is -0.333 e. The van der Waals surface area contributed by atoms with Crippen LogP contribution in [-0.2, 0) is 24.2 Å². The Morgan fingerprint density at radius 2 is 2.15 bits per heavy atom. The molecule has 0 aromatic carbocycles. The van der Waals surface area contributed by atoms with Crippen LogP contribution in [0.3, 0.4) is 0 Å². The third-order valence-electron chi connectivity index (χ3n) is 3.78. The molecule has 2 heterocycles. The zero-order chi connectivity index (χ0) is 14.1. The standard InChI is InChI=1S/C14H15ClN2OS2/c1-9-13(20-8-16-9)5-17(14(18)4-15)12-2-10-6-19-7-11(10)3-12/h6-8,12H,2-5H2,1H3. The molecule has 0 atom stereocenters.